The lowest BCUT2D eigenvalue weighted by molar-refractivity contribution is -0.153. The zero-order chi connectivity index (χ0) is 22.8. The number of piperidine rings is 1. The van der Waals surface area contributed by atoms with Crippen molar-refractivity contribution in [1.82, 2.24) is 10.2 Å². The molecule has 2 aliphatic heterocycles. The van der Waals surface area contributed by atoms with Gasteiger partial charge in [-0.15, -0.1) is 0 Å². The molecule has 0 spiro atoms. The van der Waals surface area contributed by atoms with Gasteiger partial charge in [-0.1, -0.05) is 0 Å². The van der Waals surface area contributed by atoms with Gasteiger partial charge in [0, 0.05) is 37.4 Å². The molecule has 2 aliphatic rings. The molecule has 8 heteroatoms. The molecule has 2 heterocycles. The van der Waals surface area contributed by atoms with Crippen LogP contribution in [0.5, 0.6) is 0 Å². The molecule has 0 unspecified atom stereocenters. The Bertz CT molecular complexity index is 802. The van der Waals surface area contributed by atoms with Gasteiger partial charge in [0.25, 0.3) is 11.8 Å². The third kappa shape index (κ3) is 5.36. The second kappa shape index (κ2) is 9.53. The summed E-state index contributed by atoms with van der Waals surface area (Å²) in [6.45, 7) is 8.32. The van der Waals surface area contributed by atoms with Crippen molar-refractivity contribution in [2.24, 2.45) is 5.92 Å². The van der Waals surface area contributed by atoms with Crippen molar-refractivity contribution in [1.29, 1.82) is 0 Å². The summed E-state index contributed by atoms with van der Waals surface area (Å²) in [5.41, 5.74) is 1.30. The van der Waals surface area contributed by atoms with Crippen LogP contribution in [0.2, 0.25) is 0 Å². The number of rotatable bonds is 6. The number of carbonyl (C=O) groups excluding carboxylic acids is 2. The first-order chi connectivity index (χ1) is 14.6. The second-order valence-electron chi connectivity index (χ2n) is 9.33. The van der Waals surface area contributed by atoms with Crippen LogP contribution in [0.1, 0.15) is 45.1 Å². The number of halogens is 1. The van der Waals surface area contributed by atoms with Gasteiger partial charge in [0.2, 0.25) is 0 Å². The largest absolute Gasteiger partial charge is 0.380 e. The Morgan fingerprint density at radius 1 is 1.10 bits per heavy atom. The highest BCUT2D eigenvalue weighted by atomic mass is 19.1. The molecule has 3 rings (SSSR count). The van der Waals surface area contributed by atoms with E-state index in [1.807, 2.05) is 20.8 Å². The molecule has 2 saturated heterocycles. The SMILES string of the molecule is Cc1cc(F)ccc1N1CCC(C(C)(C)NC(=O)[C@H](O)[C@@H](O)C(=O)N2CCCC2)CC1. The highest BCUT2D eigenvalue weighted by molar-refractivity contribution is 5.91. The Balaban J connectivity index is 1.55. The van der Waals surface area contributed by atoms with Crippen LogP contribution in [0.4, 0.5) is 10.1 Å². The molecule has 2 amide bonds. The minimum Gasteiger partial charge on any atom is -0.380 e. The molecule has 172 valence electrons. The lowest BCUT2D eigenvalue weighted by atomic mass is 9.80. The molecule has 1 aromatic rings. The first kappa shape index (κ1) is 23.5. The van der Waals surface area contributed by atoms with Crippen LogP contribution < -0.4 is 10.2 Å². The van der Waals surface area contributed by atoms with Gasteiger partial charge in [0.1, 0.15) is 5.82 Å². The number of anilines is 1. The minimum absolute atomic E-state index is 0.159. The Hall–Kier alpha value is -2.19. The third-order valence-corrected chi connectivity index (χ3v) is 6.70. The molecule has 2 atom stereocenters. The van der Waals surface area contributed by atoms with Crippen LogP contribution in [0.25, 0.3) is 0 Å². The summed E-state index contributed by atoms with van der Waals surface area (Å²) in [5.74, 6) is -1.42. The zero-order valence-electron chi connectivity index (χ0n) is 18.6. The number of amides is 2. The number of aliphatic hydroxyl groups is 2. The Kier molecular flexibility index (Phi) is 7.21. The van der Waals surface area contributed by atoms with Crippen molar-refractivity contribution >= 4 is 17.5 Å². The van der Waals surface area contributed by atoms with Crippen LogP contribution >= 0.6 is 0 Å². The molecule has 0 radical (unpaired) electrons. The maximum atomic E-state index is 13.4. The predicted molar refractivity (Wildman–Crippen MR) is 116 cm³/mol. The third-order valence-electron chi connectivity index (χ3n) is 6.70. The van der Waals surface area contributed by atoms with E-state index in [-0.39, 0.29) is 11.7 Å². The highest BCUT2D eigenvalue weighted by Gasteiger charge is 2.39. The predicted octanol–water partition coefficient (Wildman–Crippen LogP) is 1.59. The Morgan fingerprint density at radius 3 is 2.29 bits per heavy atom. The van der Waals surface area contributed by atoms with Gasteiger partial charge in [-0.3, -0.25) is 9.59 Å². The summed E-state index contributed by atoms with van der Waals surface area (Å²) in [6, 6.07) is 4.80. The maximum absolute atomic E-state index is 13.4. The van der Waals surface area contributed by atoms with Gasteiger partial charge in [0.05, 0.1) is 0 Å². The van der Waals surface area contributed by atoms with Crippen LogP contribution in [0.3, 0.4) is 0 Å². The number of aryl methyl sites for hydroxylation is 1. The molecule has 0 saturated carbocycles. The van der Waals surface area contributed by atoms with Crippen molar-refractivity contribution in [3.05, 3.63) is 29.6 Å². The summed E-state index contributed by atoms with van der Waals surface area (Å²) in [7, 11) is 0. The maximum Gasteiger partial charge on any atom is 0.254 e. The van der Waals surface area contributed by atoms with Crippen molar-refractivity contribution in [3.63, 3.8) is 0 Å². The van der Waals surface area contributed by atoms with E-state index in [0.717, 1.165) is 50.0 Å². The summed E-state index contributed by atoms with van der Waals surface area (Å²) in [4.78, 5) is 28.6. The molecule has 0 bridgehead atoms. The van der Waals surface area contributed by atoms with Crippen molar-refractivity contribution < 1.29 is 24.2 Å². The van der Waals surface area contributed by atoms with E-state index >= 15 is 0 Å². The van der Waals surface area contributed by atoms with Gasteiger partial charge in [-0.25, -0.2) is 4.39 Å². The van der Waals surface area contributed by atoms with E-state index in [1.54, 1.807) is 6.07 Å². The summed E-state index contributed by atoms with van der Waals surface area (Å²) in [6.07, 6.45) is -0.190. The van der Waals surface area contributed by atoms with E-state index in [2.05, 4.69) is 10.2 Å². The molecule has 0 aromatic heterocycles. The number of aliphatic hydroxyl groups excluding tert-OH is 2. The molecular formula is C23H34FN3O4. The topological polar surface area (TPSA) is 93.1 Å². The molecular weight excluding hydrogens is 401 g/mol. The van der Waals surface area contributed by atoms with E-state index in [4.69, 9.17) is 0 Å². The number of carbonyl (C=O) groups is 2. The van der Waals surface area contributed by atoms with Crippen molar-refractivity contribution in [2.75, 3.05) is 31.1 Å². The average Bonchev–Trinajstić information content (AvgIpc) is 3.27. The number of benzene rings is 1. The summed E-state index contributed by atoms with van der Waals surface area (Å²) in [5, 5.41) is 23.3. The normalized spacial score (nSPS) is 19.9. The van der Waals surface area contributed by atoms with Crippen LogP contribution in [-0.2, 0) is 9.59 Å². The fourth-order valence-electron chi connectivity index (χ4n) is 4.71. The van der Waals surface area contributed by atoms with Crippen LogP contribution in [0, 0.1) is 18.7 Å². The molecule has 7 nitrogen and oxygen atoms in total. The Morgan fingerprint density at radius 2 is 1.71 bits per heavy atom. The van der Waals surface area contributed by atoms with E-state index in [1.165, 1.54) is 17.0 Å². The van der Waals surface area contributed by atoms with Crippen molar-refractivity contribution in [2.45, 2.75) is 64.2 Å². The van der Waals surface area contributed by atoms with Gasteiger partial charge in [-0.05, 0) is 76.1 Å². The zero-order valence-corrected chi connectivity index (χ0v) is 18.6. The molecule has 1 aromatic carbocycles. The lowest BCUT2D eigenvalue weighted by Crippen LogP contribution is -2.58. The standard InChI is InChI=1S/C23H34FN3O4/c1-15-14-17(24)6-7-18(15)26-12-8-16(9-13-26)23(2,3)25-21(30)19(28)20(29)22(31)27-10-4-5-11-27/h6-7,14,16,19-20,28-29H,4-5,8-13H2,1-3H3,(H,25,30)/t19-,20-/m1/s1. The highest BCUT2D eigenvalue weighted by Crippen LogP contribution is 2.32. The fourth-order valence-corrected chi connectivity index (χ4v) is 4.71. The summed E-state index contributed by atoms with van der Waals surface area (Å²) >= 11 is 0. The van der Waals surface area contributed by atoms with Gasteiger partial charge in [-0.2, -0.15) is 0 Å². The van der Waals surface area contributed by atoms with E-state index in [0.29, 0.717) is 13.1 Å². The molecule has 0 aliphatic carbocycles. The lowest BCUT2D eigenvalue weighted by Gasteiger charge is -2.42. The number of nitrogens with one attached hydrogen (secondary N) is 1. The van der Waals surface area contributed by atoms with Gasteiger partial charge >= 0.3 is 0 Å². The molecule has 31 heavy (non-hydrogen) atoms. The first-order valence-electron chi connectivity index (χ1n) is 11.1. The number of likely N-dealkylation sites (tertiary alicyclic amines) is 1. The second-order valence-corrected chi connectivity index (χ2v) is 9.33. The quantitative estimate of drug-likeness (QED) is 0.631. The van der Waals surface area contributed by atoms with Crippen molar-refractivity contribution in [3.8, 4) is 0 Å². The first-order valence-corrected chi connectivity index (χ1v) is 11.1. The van der Waals surface area contributed by atoms with E-state index in [9.17, 15) is 24.2 Å². The Labute approximate surface area is 183 Å². The van der Waals surface area contributed by atoms with E-state index < -0.39 is 29.6 Å². The van der Waals surface area contributed by atoms with Gasteiger partial charge < -0.3 is 25.3 Å². The minimum atomic E-state index is -1.80. The number of hydrogen-bond acceptors (Lipinski definition) is 5. The molecule has 3 N–H and O–H groups in total. The fraction of sp³-hybridized carbons (Fsp3) is 0.652. The average molecular weight is 436 g/mol. The smallest absolute Gasteiger partial charge is 0.254 e. The number of nitrogens with zero attached hydrogens (tertiary/aromatic N) is 2. The molecule has 2 fully saturated rings. The number of hydrogen-bond donors (Lipinski definition) is 3. The monoisotopic (exact) mass is 435 g/mol. The van der Waals surface area contributed by atoms with Crippen LogP contribution in [-0.4, -0.2) is 70.9 Å². The van der Waals surface area contributed by atoms with Gasteiger partial charge in [0.15, 0.2) is 12.2 Å². The summed E-state index contributed by atoms with van der Waals surface area (Å²) < 4.78 is 13.4. The van der Waals surface area contributed by atoms with Crippen LogP contribution in [0.15, 0.2) is 18.2 Å².